The van der Waals surface area contributed by atoms with Gasteiger partial charge in [0.1, 0.15) is 13.5 Å². The van der Waals surface area contributed by atoms with Crippen molar-refractivity contribution in [2.75, 3.05) is 40.0 Å². The quantitative estimate of drug-likeness (QED) is 0.457. The lowest BCUT2D eigenvalue weighted by Gasteiger charge is -2.32. The van der Waals surface area contributed by atoms with Crippen molar-refractivity contribution in [2.24, 2.45) is 0 Å². The zero-order valence-electron chi connectivity index (χ0n) is 17.5. The molecule has 1 N–H and O–H groups in total. The molecule has 1 saturated carbocycles. The van der Waals surface area contributed by atoms with E-state index in [0.717, 1.165) is 38.6 Å². The third-order valence-electron chi connectivity index (χ3n) is 5.93. The molecule has 1 heterocycles. The number of sulfonamides is 1. The van der Waals surface area contributed by atoms with Gasteiger partial charge in [-0.1, -0.05) is 30.3 Å². The maximum Gasteiger partial charge on any atom is 0.209 e. The van der Waals surface area contributed by atoms with E-state index in [1.807, 2.05) is 0 Å². The number of hydrogen-bond donors (Lipinski definition) is 1. The van der Waals surface area contributed by atoms with Crippen LogP contribution in [0.3, 0.4) is 0 Å². The Kier molecular flexibility index (Phi) is 8.46. The van der Waals surface area contributed by atoms with Crippen LogP contribution in [-0.4, -0.2) is 71.5 Å². The molecule has 0 unspecified atom stereocenters. The molecule has 7 nitrogen and oxygen atoms in total. The van der Waals surface area contributed by atoms with E-state index in [2.05, 4.69) is 40.0 Å². The van der Waals surface area contributed by atoms with Gasteiger partial charge in [-0.05, 0) is 43.6 Å². The van der Waals surface area contributed by atoms with Crippen molar-refractivity contribution in [3.8, 4) is 0 Å². The first kappa shape index (κ1) is 22.7. The van der Waals surface area contributed by atoms with E-state index in [1.54, 1.807) is 7.11 Å². The van der Waals surface area contributed by atoms with Crippen LogP contribution >= 0.6 is 0 Å². The molecule has 1 aliphatic heterocycles. The Morgan fingerprint density at radius 2 is 1.83 bits per heavy atom. The van der Waals surface area contributed by atoms with Crippen molar-refractivity contribution in [2.45, 2.75) is 56.2 Å². The highest BCUT2D eigenvalue weighted by atomic mass is 32.2. The minimum atomic E-state index is -3.27. The molecule has 8 heteroatoms. The van der Waals surface area contributed by atoms with Crippen molar-refractivity contribution in [3.63, 3.8) is 0 Å². The Balaban J connectivity index is 1.51. The second-order valence-electron chi connectivity index (χ2n) is 8.12. The molecule has 1 aromatic carbocycles. The average molecular weight is 427 g/mol. The van der Waals surface area contributed by atoms with Gasteiger partial charge in [0.25, 0.3) is 0 Å². The highest BCUT2D eigenvalue weighted by Crippen LogP contribution is 2.34. The molecular weight excluding hydrogens is 392 g/mol. The molecule has 1 saturated heterocycles. The fourth-order valence-corrected chi connectivity index (χ4v) is 5.30. The normalized spacial score (nSPS) is 28.6. The molecule has 2 atom stereocenters. The first-order valence-electron chi connectivity index (χ1n) is 10.4. The predicted molar refractivity (Wildman–Crippen MR) is 112 cm³/mol. The number of methoxy groups -OCH3 is 1. The molecule has 0 radical (unpaired) electrons. The van der Waals surface area contributed by atoms with E-state index in [9.17, 15) is 8.42 Å². The van der Waals surface area contributed by atoms with Crippen LogP contribution < -0.4 is 4.72 Å². The van der Waals surface area contributed by atoms with Gasteiger partial charge in [-0.2, -0.15) is 0 Å². The topological polar surface area (TPSA) is 77.1 Å². The van der Waals surface area contributed by atoms with Gasteiger partial charge in [-0.25, -0.2) is 13.1 Å². The molecule has 0 aromatic heterocycles. The Morgan fingerprint density at radius 1 is 1.10 bits per heavy atom. The van der Waals surface area contributed by atoms with Crippen molar-refractivity contribution in [3.05, 3.63) is 35.9 Å². The third-order valence-corrected chi connectivity index (χ3v) is 6.66. The summed E-state index contributed by atoms with van der Waals surface area (Å²) in [5, 5.41) is 0. The minimum absolute atomic E-state index is 0.0339. The molecule has 1 aromatic rings. The highest BCUT2D eigenvalue weighted by Gasteiger charge is 2.36. The fraction of sp³-hybridized carbons (Fsp3) is 0.714. The molecule has 2 aliphatic rings. The number of nitrogens with one attached hydrogen (secondary N) is 1. The van der Waals surface area contributed by atoms with E-state index in [1.165, 1.54) is 11.8 Å². The summed E-state index contributed by atoms with van der Waals surface area (Å²) in [6, 6.07) is 10.5. The fourth-order valence-electron chi connectivity index (χ4n) is 4.47. The number of likely N-dealkylation sites (tertiary alicyclic amines) is 1. The van der Waals surface area contributed by atoms with Crippen LogP contribution in [0.5, 0.6) is 0 Å². The number of hydrogen-bond acceptors (Lipinski definition) is 6. The molecular formula is C21H34N2O5S. The van der Waals surface area contributed by atoms with Crippen molar-refractivity contribution in [1.82, 2.24) is 9.62 Å². The Labute approximate surface area is 174 Å². The lowest BCUT2D eigenvalue weighted by molar-refractivity contribution is -0.0888. The minimum Gasteiger partial charge on any atom is -0.377 e. The molecule has 2 fully saturated rings. The summed E-state index contributed by atoms with van der Waals surface area (Å²) < 4.78 is 43.0. The number of benzene rings is 1. The maximum atomic E-state index is 11.8. The van der Waals surface area contributed by atoms with Crippen molar-refractivity contribution in [1.29, 1.82) is 0 Å². The number of nitrogens with zero attached hydrogens (tertiary/aromatic N) is 1. The lowest BCUT2D eigenvalue weighted by Crippen LogP contribution is -2.48. The van der Waals surface area contributed by atoms with Crippen LogP contribution in [0.15, 0.2) is 30.3 Å². The smallest absolute Gasteiger partial charge is 0.209 e. The summed E-state index contributed by atoms with van der Waals surface area (Å²) in [7, 11) is -1.68. The lowest BCUT2D eigenvalue weighted by atomic mass is 9.83. The zero-order valence-corrected chi connectivity index (χ0v) is 18.3. The largest absolute Gasteiger partial charge is 0.377 e. The molecule has 164 valence electrons. The van der Waals surface area contributed by atoms with E-state index < -0.39 is 10.0 Å². The summed E-state index contributed by atoms with van der Waals surface area (Å²) in [4.78, 5) is 2.14. The Hall–Kier alpha value is -1.03. The monoisotopic (exact) mass is 426 g/mol. The van der Waals surface area contributed by atoms with Gasteiger partial charge in [-0.15, -0.1) is 0 Å². The molecule has 0 spiro atoms. The first-order chi connectivity index (χ1) is 14.0. The predicted octanol–water partition coefficient (Wildman–Crippen LogP) is 2.30. The van der Waals surface area contributed by atoms with Gasteiger partial charge in [-0.3, -0.25) is 4.90 Å². The van der Waals surface area contributed by atoms with Crippen molar-refractivity contribution < 1.29 is 22.6 Å². The summed E-state index contributed by atoms with van der Waals surface area (Å²) in [6.45, 7) is 1.90. The van der Waals surface area contributed by atoms with Crippen molar-refractivity contribution >= 4 is 10.0 Å². The summed E-state index contributed by atoms with van der Waals surface area (Å²) in [5.41, 5.74) is 1.42. The van der Waals surface area contributed by atoms with Crippen LogP contribution in [0.4, 0.5) is 0 Å². The van der Waals surface area contributed by atoms with Crippen LogP contribution in [0.2, 0.25) is 0 Å². The van der Waals surface area contributed by atoms with Gasteiger partial charge in [0, 0.05) is 19.7 Å². The van der Waals surface area contributed by atoms with Crippen LogP contribution in [0.25, 0.3) is 0 Å². The summed E-state index contributed by atoms with van der Waals surface area (Å²) in [5.74, 6) is 0.612. The van der Waals surface area contributed by atoms with Gasteiger partial charge in [0.2, 0.25) is 10.0 Å². The average Bonchev–Trinajstić information content (AvgIpc) is 3.07. The summed E-state index contributed by atoms with van der Waals surface area (Å²) in [6.07, 6.45) is 6.53. The molecule has 1 aliphatic carbocycles. The van der Waals surface area contributed by atoms with Crippen LogP contribution in [0.1, 0.15) is 43.6 Å². The van der Waals surface area contributed by atoms with Gasteiger partial charge in [0.15, 0.2) is 0 Å². The Bertz CT molecular complexity index is 707. The third kappa shape index (κ3) is 7.01. The van der Waals surface area contributed by atoms with E-state index >= 15 is 0 Å². The van der Waals surface area contributed by atoms with Crippen LogP contribution in [-0.2, 0) is 24.2 Å². The van der Waals surface area contributed by atoms with Gasteiger partial charge >= 0.3 is 0 Å². The second-order valence-corrected chi connectivity index (χ2v) is 9.90. The number of rotatable bonds is 10. The van der Waals surface area contributed by atoms with Crippen LogP contribution in [0, 0.1) is 0 Å². The van der Waals surface area contributed by atoms with E-state index in [-0.39, 0.29) is 25.0 Å². The second kappa shape index (κ2) is 10.8. The first-order valence-corrected chi connectivity index (χ1v) is 12.3. The number of ether oxygens (including phenoxy) is 3. The Morgan fingerprint density at radius 3 is 2.48 bits per heavy atom. The highest BCUT2D eigenvalue weighted by molar-refractivity contribution is 7.88. The molecule has 29 heavy (non-hydrogen) atoms. The van der Waals surface area contributed by atoms with E-state index in [4.69, 9.17) is 14.2 Å². The standard InChI is InChI=1S/C21H34N2O5S/c1-26-16-27-15-23-13-12-20(22-29(2,24)25)21(23)14-28-19-10-8-18(9-11-19)17-6-4-3-5-7-17/h3-7,18-22H,8-16H2,1-2H3/t18?,19?,20-,21-/m0/s1. The van der Waals surface area contributed by atoms with Gasteiger partial charge in [0.05, 0.1) is 25.0 Å². The zero-order chi connectivity index (χ0) is 20.7. The molecule has 0 amide bonds. The van der Waals surface area contributed by atoms with Gasteiger partial charge < -0.3 is 14.2 Å². The molecule has 0 bridgehead atoms. The summed E-state index contributed by atoms with van der Waals surface area (Å²) >= 11 is 0. The maximum absolute atomic E-state index is 11.8. The van der Waals surface area contributed by atoms with E-state index in [0.29, 0.717) is 19.3 Å². The molecule has 3 rings (SSSR count). The SMILES string of the molecule is COCOCN1CC[C@H](NS(C)(=O)=O)[C@@H]1COC1CCC(c2ccccc2)CC1.